The highest BCUT2D eigenvalue weighted by Crippen LogP contribution is 2.36. The number of nitrogens with one attached hydrogen (secondary N) is 1. The molecule has 0 aromatic heterocycles. The Kier molecular flexibility index (Phi) is 6.14. The van der Waals surface area contributed by atoms with Crippen LogP contribution in [0.1, 0.15) is 29.8 Å². The molecule has 0 bridgehead atoms. The lowest BCUT2D eigenvalue weighted by atomic mass is 10.1. The zero-order valence-corrected chi connectivity index (χ0v) is 17.3. The van der Waals surface area contributed by atoms with E-state index in [1.807, 2.05) is 44.2 Å². The van der Waals surface area contributed by atoms with E-state index in [-0.39, 0.29) is 17.1 Å². The van der Waals surface area contributed by atoms with Crippen LogP contribution in [0.4, 0.5) is 5.69 Å². The third-order valence-corrected chi connectivity index (χ3v) is 5.83. The van der Waals surface area contributed by atoms with Crippen molar-refractivity contribution in [3.63, 3.8) is 0 Å². The maximum Gasteiger partial charge on any atom is 0.254 e. The van der Waals surface area contributed by atoms with E-state index in [4.69, 9.17) is 9.47 Å². The first kappa shape index (κ1) is 20.1. The maximum absolute atomic E-state index is 13.0. The first-order valence-electron chi connectivity index (χ1n) is 9.08. The van der Waals surface area contributed by atoms with Gasteiger partial charge >= 0.3 is 0 Å². The van der Waals surface area contributed by atoms with Gasteiger partial charge in [-0.25, -0.2) is 0 Å². The van der Waals surface area contributed by atoms with Gasteiger partial charge in [-0.3, -0.25) is 9.59 Å². The van der Waals surface area contributed by atoms with Gasteiger partial charge in [0, 0.05) is 23.5 Å². The summed E-state index contributed by atoms with van der Waals surface area (Å²) in [6, 6.07) is 11.1. The number of carbonyl (C=O) groups excluding carboxylic acids is 2. The van der Waals surface area contributed by atoms with Gasteiger partial charge in [0.05, 0.1) is 25.2 Å². The van der Waals surface area contributed by atoms with E-state index < -0.39 is 0 Å². The molecule has 28 heavy (non-hydrogen) atoms. The number of anilines is 1. The molecule has 1 heterocycles. The molecule has 1 aliphatic heterocycles. The largest absolute Gasteiger partial charge is 0.493 e. The van der Waals surface area contributed by atoms with Gasteiger partial charge in [0.1, 0.15) is 0 Å². The van der Waals surface area contributed by atoms with Crippen LogP contribution in [0.3, 0.4) is 0 Å². The summed E-state index contributed by atoms with van der Waals surface area (Å²) in [5, 5.41) is 2.75. The van der Waals surface area contributed by atoms with Crippen molar-refractivity contribution >= 4 is 29.3 Å². The number of rotatable bonds is 6. The highest BCUT2D eigenvalue weighted by atomic mass is 32.2. The molecule has 2 aromatic rings. The highest BCUT2D eigenvalue weighted by Gasteiger charge is 2.24. The number of benzene rings is 2. The van der Waals surface area contributed by atoms with Gasteiger partial charge in [-0.15, -0.1) is 11.8 Å². The van der Waals surface area contributed by atoms with Crippen molar-refractivity contribution in [2.75, 3.05) is 26.1 Å². The van der Waals surface area contributed by atoms with Crippen molar-refractivity contribution in [3.8, 4) is 11.5 Å². The van der Waals surface area contributed by atoms with E-state index >= 15 is 0 Å². The molecule has 1 atom stereocenters. The summed E-state index contributed by atoms with van der Waals surface area (Å²) in [4.78, 5) is 27.7. The second-order valence-corrected chi connectivity index (χ2v) is 7.85. The number of hydrogen-bond donors (Lipinski definition) is 1. The fourth-order valence-corrected chi connectivity index (χ4v) is 3.98. The zero-order valence-electron chi connectivity index (χ0n) is 16.4. The van der Waals surface area contributed by atoms with Crippen molar-refractivity contribution < 1.29 is 19.1 Å². The summed E-state index contributed by atoms with van der Waals surface area (Å²) >= 11 is 1.50. The first-order valence-corrected chi connectivity index (χ1v) is 9.96. The van der Waals surface area contributed by atoms with E-state index in [0.717, 1.165) is 10.5 Å². The molecule has 0 spiro atoms. The minimum Gasteiger partial charge on any atom is -0.493 e. The Morgan fingerprint density at radius 1 is 1.14 bits per heavy atom. The van der Waals surface area contributed by atoms with Crippen molar-refractivity contribution in [2.45, 2.75) is 30.5 Å². The van der Waals surface area contributed by atoms with Gasteiger partial charge in [0.2, 0.25) is 5.91 Å². The molecule has 0 radical (unpaired) electrons. The molecule has 2 aromatic carbocycles. The monoisotopic (exact) mass is 400 g/mol. The van der Waals surface area contributed by atoms with Crippen molar-refractivity contribution in [1.82, 2.24) is 4.90 Å². The predicted octanol–water partition coefficient (Wildman–Crippen LogP) is 3.80. The smallest absolute Gasteiger partial charge is 0.254 e. The van der Waals surface area contributed by atoms with Gasteiger partial charge in [-0.1, -0.05) is 6.07 Å². The summed E-state index contributed by atoms with van der Waals surface area (Å²) in [5.74, 6) is 1.15. The molecule has 7 heteroatoms. The second kappa shape index (κ2) is 8.56. The number of carbonyl (C=O) groups is 2. The summed E-state index contributed by atoms with van der Waals surface area (Å²) in [7, 11) is 3.18. The van der Waals surface area contributed by atoms with Crippen LogP contribution >= 0.6 is 11.8 Å². The standard InChI is InChI=1S/C21H24N2O4S/c1-5-23(12-14-6-8-17(26-3)18(10-14)27-4)21(25)15-7-9-19-16(11-15)22-20(24)13(2)28-19/h6-11,13H,5,12H2,1-4H3,(H,22,24)/t13-/m0/s1. The van der Waals surface area contributed by atoms with E-state index in [1.165, 1.54) is 11.8 Å². The second-order valence-electron chi connectivity index (χ2n) is 6.47. The van der Waals surface area contributed by atoms with E-state index in [0.29, 0.717) is 35.8 Å². The van der Waals surface area contributed by atoms with Crippen molar-refractivity contribution in [1.29, 1.82) is 0 Å². The lowest BCUT2D eigenvalue weighted by Gasteiger charge is -2.24. The summed E-state index contributed by atoms with van der Waals surface area (Å²) < 4.78 is 10.6. The van der Waals surface area contributed by atoms with Gasteiger partial charge in [0.25, 0.3) is 5.91 Å². The maximum atomic E-state index is 13.0. The predicted molar refractivity (Wildman–Crippen MR) is 110 cm³/mol. The Hall–Kier alpha value is -2.67. The fraction of sp³-hybridized carbons (Fsp3) is 0.333. The van der Waals surface area contributed by atoms with E-state index in [1.54, 1.807) is 25.2 Å². The summed E-state index contributed by atoms with van der Waals surface area (Å²) in [5.41, 5.74) is 2.20. The average Bonchev–Trinajstić information content (AvgIpc) is 2.71. The first-order chi connectivity index (χ1) is 13.5. The molecule has 0 aliphatic carbocycles. The van der Waals surface area contributed by atoms with Crippen LogP contribution in [-0.2, 0) is 11.3 Å². The van der Waals surface area contributed by atoms with Crippen LogP contribution in [0, 0.1) is 0 Å². The minimum absolute atomic E-state index is 0.0419. The van der Waals surface area contributed by atoms with Crippen LogP contribution in [0.5, 0.6) is 11.5 Å². The molecule has 2 amide bonds. The molecule has 6 nitrogen and oxygen atoms in total. The molecule has 1 aliphatic rings. The zero-order chi connectivity index (χ0) is 20.3. The molecular formula is C21H24N2O4S. The van der Waals surface area contributed by atoms with Crippen LogP contribution in [0.15, 0.2) is 41.3 Å². The van der Waals surface area contributed by atoms with Gasteiger partial charge < -0.3 is 19.7 Å². The lowest BCUT2D eigenvalue weighted by molar-refractivity contribution is -0.115. The molecule has 148 valence electrons. The molecule has 1 N–H and O–H groups in total. The van der Waals surface area contributed by atoms with E-state index in [9.17, 15) is 9.59 Å². The Balaban J connectivity index is 1.81. The Labute approximate surface area is 169 Å². The summed E-state index contributed by atoms with van der Waals surface area (Å²) in [6.07, 6.45) is 0. The number of nitrogens with zero attached hydrogens (tertiary/aromatic N) is 1. The van der Waals surface area contributed by atoms with Crippen LogP contribution in [-0.4, -0.2) is 42.7 Å². The number of amides is 2. The SMILES string of the molecule is CCN(Cc1ccc(OC)c(OC)c1)C(=O)c1ccc2c(c1)NC(=O)[C@H](C)S2. The molecule has 0 fully saturated rings. The number of methoxy groups -OCH3 is 2. The highest BCUT2D eigenvalue weighted by molar-refractivity contribution is 8.00. The Morgan fingerprint density at radius 2 is 1.89 bits per heavy atom. The quantitative estimate of drug-likeness (QED) is 0.799. The number of hydrogen-bond acceptors (Lipinski definition) is 5. The molecule has 3 rings (SSSR count). The molecule has 0 saturated heterocycles. The topological polar surface area (TPSA) is 67.9 Å². The van der Waals surface area contributed by atoms with Crippen molar-refractivity contribution in [3.05, 3.63) is 47.5 Å². The minimum atomic E-state index is -0.133. The number of thioether (sulfide) groups is 1. The van der Waals surface area contributed by atoms with Gasteiger partial charge in [0.15, 0.2) is 11.5 Å². The molecular weight excluding hydrogens is 376 g/mol. The lowest BCUT2D eigenvalue weighted by Crippen LogP contribution is -2.31. The number of fused-ring (bicyclic) bond motifs is 1. The van der Waals surface area contributed by atoms with Gasteiger partial charge in [-0.05, 0) is 49.7 Å². The molecule has 0 saturated carbocycles. The Morgan fingerprint density at radius 3 is 2.57 bits per heavy atom. The molecule has 0 unspecified atom stereocenters. The third kappa shape index (κ3) is 4.09. The fourth-order valence-electron chi connectivity index (χ4n) is 3.05. The number of ether oxygens (including phenoxy) is 2. The van der Waals surface area contributed by atoms with Crippen LogP contribution in [0.25, 0.3) is 0 Å². The normalized spacial score (nSPS) is 15.4. The average molecular weight is 401 g/mol. The third-order valence-electron chi connectivity index (χ3n) is 4.65. The van der Waals surface area contributed by atoms with Gasteiger partial charge in [-0.2, -0.15) is 0 Å². The summed E-state index contributed by atoms with van der Waals surface area (Å²) in [6.45, 7) is 4.81. The van der Waals surface area contributed by atoms with Crippen molar-refractivity contribution in [2.24, 2.45) is 0 Å². The Bertz CT molecular complexity index is 900. The van der Waals surface area contributed by atoms with Crippen LogP contribution < -0.4 is 14.8 Å². The van der Waals surface area contributed by atoms with E-state index in [2.05, 4.69) is 5.32 Å². The van der Waals surface area contributed by atoms with Crippen LogP contribution in [0.2, 0.25) is 0 Å².